The van der Waals surface area contributed by atoms with E-state index in [-0.39, 0.29) is 0 Å². The molecule has 1 fully saturated rings. The summed E-state index contributed by atoms with van der Waals surface area (Å²) in [5.41, 5.74) is 0. The van der Waals surface area contributed by atoms with Crippen molar-refractivity contribution in [3.63, 3.8) is 0 Å². The number of aliphatic hydroxyl groups excluding tert-OH is 1. The van der Waals surface area contributed by atoms with Gasteiger partial charge in [0.25, 0.3) is 0 Å². The minimum Gasteiger partial charge on any atom is -0.396 e. The van der Waals surface area contributed by atoms with E-state index >= 15 is 0 Å². The minimum absolute atomic E-state index is 0.385. The summed E-state index contributed by atoms with van der Waals surface area (Å²) in [6, 6.07) is 0. The van der Waals surface area contributed by atoms with Crippen LogP contribution < -0.4 is 0 Å². The molecule has 0 aliphatic heterocycles. The molecule has 1 aliphatic rings. The number of rotatable bonds is 7. The van der Waals surface area contributed by atoms with Crippen molar-refractivity contribution in [2.45, 2.75) is 71.1 Å². The SMILES string of the molecule is CCCCCC1CCC(CCCO)CC1. The van der Waals surface area contributed by atoms with Gasteiger partial charge in [-0.25, -0.2) is 0 Å². The van der Waals surface area contributed by atoms with Gasteiger partial charge < -0.3 is 5.11 Å². The molecule has 1 heteroatoms. The van der Waals surface area contributed by atoms with Crippen LogP contribution in [-0.4, -0.2) is 11.7 Å². The van der Waals surface area contributed by atoms with Gasteiger partial charge in [-0.3, -0.25) is 0 Å². The van der Waals surface area contributed by atoms with Crippen LogP contribution in [0.2, 0.25) is 0 Å². The van der Waals surface area contributed by atoms with Gasteiger partial charge in [-0.1, -0.05) is 58.3 Å². The van der Waals surface area contributed by atoms with Crippen molar-refractivity contribution < 1.29 is 5.11 Å². The van der Waals surface area contributed by atoms with E-state index in [1.54, 1.807) is 0 Å². The Morgan fingerprint density at radius 3 is 1.87 bits per heavy atom. The lowest BCUT2D eigenvalue weighted by Gasteiger charge is -2.28. The molecule has 1 N–H and O–H groups in total. The highest BCUT2D eigenvalue weighted by Gasteiger charge is 2.20. The van der Waals surface area contributed by atoms with Crippen molar-refractivity contribution in [1.82, 2.24) is 0 Å². The van der Waals surface area contributed by atoms with E-state index in [0.29, 0.717) is 6.61 Å². The fourth-order valence-electron chi connectivity index (χ4n) is 2.87. The van der Waals surface area contributed by atoms with Gasteiger partial charge in [-0.15, -0.1) is 0 Å². The van der Waals surface area contributed by atoms with Gasteiger partial charge in [-0.05, 0) is 24.7 Å². The third-order valence-electron chi connectivity index (χ3n) is 3.95. The Morgan fingerprint density at radius 1 is 0.867 bits per heavy atom. The quantitative estimate of drug-likeness (QED) is 0.629. The van der Waals surface area contributed by atoms with E-state index in [9.17, 15) is 0 Å². The summed E-state index contributed by atoms with van der Waals surface area (Å²) in [5.74, 6) is 1.96. The zero-order valence-electron chi connectivity index (χ0n) is 10.4. The van der Waals surface area contributed by atoms with Gasteiger partial charge in [0, 0.05) is 6.61 Å². The lowest BCUT2D eigenvalue weighted by molar-refractivity contribution is 0.221. The van der Waals surface area contributed by atoms with Crippen molar-refractivity contribution in [3.05, 3.63) is 0 Å². The Bertz CT molecular complexity index is 136. The first-order valence-electron chi connectivity index (χ1n) is 6.97. The standard InChI is InChI=1S/C14H28O/c1-2-3-4-6-13-8-10-14(11-9-13)7-5-12-15/h13-15H,2-12H2,1H3. The maximum absolute atomic E-state index is 8.79. The summed E-state index contributed by atoms with van der Waals surface area (Å²) in [6.45, 7) is 2.67. The Hall–Kier alpha value is -0.0400. The molecule has 0 atom stereocenters. The average molecular weight is 212 g/mol. The van der Waals surface area contributed by atoms with Crippen LogP contribution >= 0.6 is 0 Å². The van der Waals surface area contributed by atoms with Gasteiger partial charge >= 0.3 is 0 Å². The van der Waals surface area contributed by atoms with E-state index < -0.39 is 0 Å². The topological polar surface area (TPSA) is 20.2 Å². The summed E-state index contributed by atoms with van der Waals surface area (Å²) in [7, 11) is 0. The minimum atomic E-state index is 0.385. The van der Waals surface area contributed by atoms with Gasteiger partial charge in [0.1, 0.15) is 0 Å². The Kier molecular flexibility index (Phi) is 7.08. The molecule has 1 saturated carbocycles. The summed E-state index contributed by atoms with van der Waals surface area (Å²) in [5, 5.41) is 8.79. The van der Waals surface area contributed by atoms with Crippen LogP contribution in [0.15, 0.2) is 0 Å². The van der Waals surface area contributed by atoms with Crippen LogP contribution in [0.1, 0.15) is 71.1 Å². The van der Waals surface area contributed by atoms with Crippen LogP contribution in [0.25, 0.3) is 0 Å². The fourth-order valence-corrected chi connectivity index (χ4v) is 2.87. The summed E-state index contributed by atoms with van der Waals surface area (Å²) < 4.78 is 0. The lowest BCUT2D eigenvalue weighted by Crippen LogP contribution is -2.14. The van der Waals surface area contributed by atoms with Gasteiger partial charge in [0.2, 0.25) is 0 Å². The molecule has 0 bridgehead atoms. The predicted octanol–water partition coefficient (Wildman–Crippen LogP) is 4.15. The monoisotopic (exact) mass is 212 g/mol. The summed E-state index contributed by atoms with van der Waals surface area (Å²) in [6.07, 6.45) is 13.7. The van der Waals surface area contributed by atoms with Gasteiger partial charge in [-0.2, -0.15) is 0 Å². The van der Waals surface area contributed by atoms with E-state index in [1.807, 2.05) is 0 Å². The lowest BCUT2D eigenvalue weighted by atomic mass is 9.78. The number of hydrogen-bond donors (Lipinski definition) is 1. The average Bonchev–Trinajstić information content (AvgIpc) is 2.28. The van der Waals surface area contributed by atoms with Crippen LogP contribution in [-0.2, 0) is 0 Å². The molecule has 0 aromatic rings. The zero-order valence-corrected chi connectivity index (χ0v) is 10.4. The van der Waals surface area contributed by atoms with E-state index in [0.717, 1.165) is 18.3 Å². The second-order valence-electron chi connectivity index (χ2n) is 5.25. The first-order chi connectivity index (χ1) is 7.36. The maximum atomic E-state index is 8.79. The second-order valence-corrected chi connectivity index (χ2v) is 5.25. The van der Waals surface area contributed by atoms with Crippen molar-refractivity contribution in [2.24, 2.45) is 11.8 Å². The molecule has 0 saturated heterocycles. The molecule has 0 amide bonds. The molecule has 1 rings (SSSR count). The molecule has 0 radical (unpaired) electrons. The summed E-state index contributed by atoms with van der Waals surface area (Å²) in [4.78, 5) is 0. The highest BCUT2D eigenvalue weighted by atomic mass is 16.2. The first-order valence-corrected chi connectivity index (χ1v) is 6.97. The van der Waals surface area contributed by atoms with Crippen LogP contribution in [0.5, 0.6) is 0 Å². The third-order valence-corrected chi connectivity index (χ3v) is 3.95. The highest BCUT2D eigenvalue weighted by molar-refractivity contribution is 4.72. The Labute approximate surface area is 95.3 Å². The van der Waals surface area contributed by atoms with Crippen LogP contribution in [0.3, 0.4) is 0 Å². The van der Waals surface area contributed by atoms with Crippen LogP contribution in [0, 0.1) is 11.8 Å². The maximum Gasteiger partial charge on any atom is 0.0431 e. The smallest absolute Gasteiger partial charge is 0.0431 e. The molecule has 0 heterocycles. The number of aliphatic hydroxyl groups is 1. The first kappa shape index (κ1) is 13.0. The zero-order chi connectivity index (χ0) is 10.9. The number of hydrogen-bond acceptors (Lipinski definition) is 1. The molecule has 90 valence electrons. The fraction of sp³-hybridized carbons (Fsp3) is 1.00. The largest absolute Gasteiger partial charge is 0.396 e. The van der Waals surface area contributed by atoms with Gasteiger partial charge in [0.15, 0.2) is 0 Å². The van der Waals surface area contributed by atoms with Crippen molar-refractivity contribution in [3.8, 4) is 0 Å². The number of unbranched alkanes of at least 4 members (excludes halogenated alkanes) is 2. The van der Waals surface area contributed by atoms with E-state index in [4.69, 9.17) is 5.11 Å². The van der Waals surface area contributed by atoms with Crippen molar-refractivity contribution in [2.75, 3.05) is 6.61 Å². The molecule has 1 aliphatic carbocycles. The van der Waals surface area contributed by atoms with Crippen molar-refractivity contribution >= 4 is 0 Å². The van der Waals surface area contributed by atoms with Crippen molar-refractivity contribution in [1.29, 1.82) is 0 Å². The highest BCUT2D eigenvalue weighted by Crippen LogP contribution is 2.33. The molecule has 0 aromatic carbocycles. The van der Waals surface area contributed by atoms with E-state index in [2.05, 4.69) is 6.92 Å². The molecular formula is C14H28O. The molecule has 1 nitrogen and oxygen atoms in total. The molecule has 0 unspecified atom stereocenters. The van der Waals surface area contributed by atoms with Gasteiger partial charge in [0.05, 0.1) is 0 Å². The van der Waals surface area contributed by atoms with Crippen LogP contribution in [0.4, 0.5) is 0 Å². The molecule has 0 aromatic heterocycles. The second kappa shape index (κ2) is 8.15. The molecular weight excluding hydrogens is 184 g/mol. The summed E-state index contributed by atoms with van der Waals surface area (Å²) >= 11 is 0. The molecule has 0 spiro atoms. The normalized spacial score (nSPS) is 26.8. The predicted molar refractivity (Wildman–Crippen MR) is 65.9 cm³/mol. The van der Waals surface area contributed by atoms with E-state index in [1.165, 1.54) is 57.8 Å². The molecule has 15 heavy (non-hydrogen) atoms. The Balaban J connectivity index is 2.02. The third kappa shape index (κ3) is 5.55. The Morgan fingerprint density at radius 2 is 1.40 bits per heavy atom.